The molecular formula is C29H40N2O2. The summed E-state index contributed by atoms with van der Waals surface area (Å²) in [4.78, 5) is 27.7. The van der Waals surface area contributed by atoms with E-state index in [0.717, 1.165) is 22.4 Å². The van der Waals surface area contributed by atoms with Crippen LogP contribution in [0.4, 0.5) is 5.69 Å². The van der Waals surface area contributed by atoms with Gasteiger partial charge in [0, 0.05) is 29.9 Å². The molecule has 0 aliphatic heterocycles. The minimum atomic E-state index is -0.567. The van der Waals surface area contributed by atoms with Crippen molar-refractivity contribution in [2.75, 3.05) is 6.54 Å². The highest BCUT2D eigenvalue weighted by molar-refractivity contribution is 5.94. The van der Waals surface area contributed by atoms with Crippen LogP contribution in [0.1, 0.15) is 75.0 Å². The number of terminal acetylenes is 1. The Morgan fingerprint density at radius 3 is 2.18 bits per heavy atom. The molecule has 1 amide bonds. The van der Waals surface area contributed by atoms with Crippen LogP contribution in [0.5, 0.6) is 0 Å². The number of benzene rings is 2. The zero-order valence-corrected chi connectivity index (χ0v) is 21.6. The Morgan fingerprint density at radius 1 is 1.12 bits per heavy atom. The van der Waals surface area contributed by atoms with Crippen LogP contribution < -0.4 is 5.32 Å². The number of carbonyl (C=O) groups is 2. The van der Waals surface area contributed by atoms with Gasteiger partial charge in [-0.3, -0.25) is 14.6 Å². The van der Waals surface area contributed by atoms with Gasteiger partial charge in [0.1, 0.15) is 5.78 Å². The van der Waals surface area contributed by atoms with Gasteiger partial charge in [-0.1, -0.05) is 45.0 Å². The highest BCUT2D eigenvalue weighted by Gasteiger charge is 2.31. The van der Waals surface area contributed by atoms with Gasteiger partial charge in [0.25, 0.3) is 5.91 Å². The average Bonchev–Trinajstić information content (AvgIpc) is 2.81. The van der Waals surface area contributed by atoms with E-state index in [1.807, 2.05) is 79.7 Å². The second-order valence-corrected chi connectivity index (χ2v) is 8.16. The van der Waals surface area contributed by atoms with E-state index < -0.39 is 5.41 Å². The largest absolute Gasteiger partial charge is 0.352 e. The van der Waals surface area contributed by atoms with E-state index in [1.54, 1.807) is 12.1 Å². The van der Waals surface area contributed by atoms with Crippen LogP contribution in [0.25, 0.3) is 0 Å². The number of carbonyl (C=O) groups excluding carboxylic acids is 2. The minimum absolute atomic E-state index is 0.00639. The minimum Gasteiger partial charge on any atom is -0.352 e. The number of rotatable bonds is 7. The first-order valence-electron chi connectivity index (χ1n) is 11.5. The number of aliphatic imine (C=N–C) groups is 1. The number of hydrogen-bond acceptors (Lipinski definition) is 3. The molecule has 0 fully saturated rings. The zero-order valence-electron chi connectivity index (χ0n) is 21.6. The van der Waals surface area contributed by atoms with Crippen molar-refractivity contribution < 1.29 is 9.59 Å². The molecule has 2 aromatic rings. The van der Waals surface area contributed by atoms with Crippen molar-refractivity contribution in [2.24, 2.45) is 10.9 Å². The van der Waals surface area contributed by atoms with Gasteiger partial charge < -0.3 is 5.32 Å². The Bertz CT molecular complexity index is 954. The maximum atomic E-state index is 12.5. The fourth-order valence-corrected chi connectivity index (χ4v) is 3.28. The lowest BCUT2D eigenvalue weighted by molar-refractivity contribution is -0.124. The van der Waals surface area contributed by atoms with E-state index in [2.05, 4.69) is 29.0 Å². The molecule has 4 heteroatoms. The molecule has 1 atom stereocenters. The molecule has 33 heavy (non-hydrogen) atoms. The fraction of sp³-hybridized carbons (Fsp3) is 0.414. The topological polar surface area (TPSA) is 58.5 Å². The SMILES string of the molecule is C#CC(C)CC(=O)C(C)(C)c1cc(N=C)c(C)cc1C.CC.CCNC(=O)c1ccccc1. The van der Waals surface area contributed by atoms with Crippen LogP contribution in [0.15, 0.2) is 47.5 Å². The molecule has 1 unspecified atom stereocenters. The van der Waals surface area contributed by atoms with Gasteiger partial charge >= 0.3 is 0 Å². The summed E-state index contributed by atoms with van der Waals surface area (Å²) >= 11 is 0. The number of nitrogens with zero attached hydrogens (tertiary/aromatic N) is 1. The molecule has 0 aliphatic carbocycles. The van der Waals surface area contributed by atoms with Crippen molar-refractivity contribution in [1.82, 2.24) is 5.32 Å². The summed E-state index contributed by atoms with van der Waals surface area (Å²) in [6.45, 7) is 20.0. The van der Waals surface area contributed by atoms with Crippen LogP contribution in [0.2, 0.25) is 0 Å². The predicted molar refractivity (Wildman–Crippen MR) is 142 cm³/mol. The molecule has 0 saturated carbocycles. The molecule has 0 aromatic heterocycles. The summed E-state index contributed by atoms with van der Waals surface area (Å²) in [5, 5.41) is 2.72. The van der Waals surface area contributed by atoms with Gasteiger partial charge in [-0.15, -0.1) is 12.3 Å². The molecule has 0 radical (unpaired) electrons. The van der Waals surface area contributed by atoms with Crippen LogP contribution >= 0.6 is 0 Å². The van der Waals surface area contributed by atoms with Crippen molar-refractivity contribution in [2.45, 2.75) is 67.2 Å². The van der Waals surface area contributed by atoms with Gasteiger partial charge in [-0.05, 0) is 76.2 Å². The molecule has 0 saturated heterocycles. The van der Waals surface area contributed by atoms with Crippen molar-refractivity contribution >= 4 is 24.1 Å². The van der Waals surface area contributed by atoms with Crippen LogP contribution in [0.3, 0.4) is 0 Å². The number of aryl methyl sites for hydroxylation is 2. The molecule has 2 rings (SSSR count). The third-order valence-corrected chi connectivity index (χ3v) is 5.23. The van der Waals surface area contributed by atoms with Gasteiger partial charge in [0.2, 0.25) is 0 Å². The van der Waals surface area contributed by atoms with Crippen molar-refractivity contribution in [1.29, 1.82) is 0 Å². The lowest BCUT2D eigenvalue weighted by Gasteiger charge is -2.27. The summed E-state index contributed by atoms with van der Waals surface area (Å²) in [5.74, 6) is 2.73. The third kappa shape index (κ3) is 9.06. The van der Waals surface area contributed by atoms with Gasteiger partial charge in [0.05, 0.1) is 5.69 Å². The van der Waals surface area contributed by atoms with Crippen molar-refractivity contribution in [3.63, 3.8) is 0 Å². The molecule has 4 nitrogen and oxygen atoms in total. The van der Waals surface area contributed by atoms with E-state index in [4.69, 9.17) is 6.42 Å². The van der Waals surface area contributed by atoms with E-state index >= 15 is 0 Å². The summed E-state index contributed by atoms with van der Waals surface area (Å²) in [6.07, 6.45) is 5.77. The van der Waals surface area contributed by atoms with E-state index in [-0.39, 0.29) is 17.6 Å². The Morgan fingerprint density at radius 2 is 1.70 bits per heavy atom. The summed E-state index contributed by atoms with van der Waals surface area (Å²) in [7, 11) is 0. The van der Waals surface area contributed by atoms with Crippen LogP contribution in [-0.4, -0.2) is 25.0 Å². The lowest BCUT2D eigenvalue weighted by atomic mass is 9.75. The van der Waals surface area contributed by atoms with Gasteiger partial charge in [-0.25, -0.2) is 0 Å². The van der Waals surface area contributed by atoms with Crippen LogP contribution in [-0.2, 0) is 10.2 Å². The first-order valence-corrected chi connectivity index (χ1v) is 11.5. The molecule has 0 bridgehead atoms. The molecule has 0 heterocycles. The normalized spacial score (nSPS) is 10.9. The summed E-state index contributed by atoms with van der Waals surface area (Å²) < 4.78 is 0. The number of hydrogen-bond donors (Lipinski definition) is 1. The Kier molecular flexibility index (Phi) is 13.4. The maximum absolute atomic E-state index is 12.5. The third-order valence-electron chi connectivity index (χ3n) is 5.23. The Hall–Kier alpha value is -3.19. The number of Topliss-reactive ketones (excluding diaryl/α,β-unsaturated/α-hetero) is 1. The van der Waals surface area contributed by atoms with E-state index in [9.17, 15) is 9.59 Å². The van der Waals surface area contributed by atoms with E-state index in [1.165, 1.54) is 0 Å². The number of ketones is 1. The highest BCUT2D eigenvalue weighted by Crippen LogP contribution is 2.34. The number of amides is 1. The zero-order chi connectivity index (χ0) is 25.6. The molecule has 1 N–H and O–H groups in total. The second kappa shape index (κ2) is 14.8. The quantitative estimate of drug-likeness (QED) is 0.383. The molecule has 0 aliphatic rings. The van der Waals surface area contributed by atoms with Crippen molar-refractivity contribution in [3.8, 4) is 12.3 Å². The fourth-order valence-electron chi connectivity index (χ4n) is 3.28. The smallest absolute Gasteiger partial charge is 0.251 e. The Labute approximate surface area is 200 Å². The maximum Gasteiger partial charge on any atom is 0.251 e. The average molecular weight is 449 g/mol. The number of nitrogens with one attached hydrogen (secondary N) is 1. The lowest BCUT2D eigenvalue weighted by Crippen LogP contribution is -2.31. The predicted octanol–water partition coefficient (Wildman–Crippen LogP) is 6.60. The van der Waals surface area contributed by atoms with Gasteiger partial charge in [0.15, 0.2) is 0 Å². The summed E-state index contributed by atoms with van der Waals surface area (Å²) in [5.41, 5.74) is 4.15. The first kappa shape index (κ1) is 29.8. The van der Waals surface area contributed by atoms with Crippen LogP contribution in [0, 0.1) is 32.1 Å². The first-order chi connectivity index (χ1) is 15.6. The molecule has 0 spiro atoms. The molecule has 178 valence electrons. The molecule has 2 aromatic carbocycles. The molecular weight excluding hydrogens is 408 g/mol. The van der Waals surface area contributed by atoms with Gasteiger partial charge in [-0.2, -0.15) is 0 Å². The standard InChI is InChI=1S/C18H23NO.C9H11NO.C2H6/c1-8-12(2)9-17(20)18(5,6)15-11-16(19-7)14(4)10-13(15)3;1-2-10-9(11)8-6-4-3-5-7-8;1-2/h1,10-12H,7,9H2,2-6H3;3-7H,2H2,1H3,(H,10,11);1-2H3. The van der Waals surface area contributed by atoms with Crippen molar-refractivity contribution in [3.05, 3.63) is 64.7 Å². The monoisotopic (exact) mass is 448 g/mol. The second-order valence-electron chi connectivity index (χ2n) is 8.16. The summed E-state index contributed by atoms with van der Waals surface area (Å²) in [6, 6.07) is 13.2. The Balaban J connectivity index is 0.000000663. The van der Waals surface area contributed by atoms with E-state index in [0.29, 0.717) is 18.5 Å². The highest BCUT2D eigenvalue weighted by atomic mass is 16.1.